The van der Waals surface area contributed by atoms with Crippen LogP contribution in [0.5, 0.6) is 0 Å². The standard InChI is InChI=1S/C14H20N2O3/c1-17-7-8-18-9-10-19-12-14(16,11-15)13-5-3-2-4-6-13/h2-6H,7-10,12,16H2,1H3. The van der Waals surface area contributed by atoms with Crippen molar-refractivity contribution in [3.8, 4) is 6.07 Å². The lowest BCUT2D eigenvalue weighted by molar-refractivity contribution is 0.0163. The lowest BCUT2D eigenvalue weighted by atomic mass is 9.94. The summed E-state index contributed by atoms with van der Waals surface area (Å²) in [4.78, 5) is 0. The molecule has 2 N–H and O–H groups in total. The molecule has 1 unspecified atom stereocenters. The molecule has 0 aromatic heterocycles. The fourth-order valence-electron chi connectivity index (χ4n) is 1.51. The molecule has 0 amide bonds. The van der Waals surface area contributed by atoms with Crippen molar-refractivity contribution in [2.75, 3.05) is 40.1 Å². The summed E-state index contributed by atoms with van der Waals surface area (Å²) >= 11 is 0. The van der Waals surface area contributed by atoms with E-state index < -0.39 is 5.54 Å². The first-order chi connectivity index (χ1) is 9.23. The highest BCUT2D eigenvalue weighted by Gasteiger charge is 2.27. The van der Waals surface area contributed by atoms with Gasteiger partial charge < -0.3 is 19.9 Å². The summed E-state index contributed by atoms with van der Waals surface area (Å²) in [5.74, 6) is 0. The molecule has 5 nitrogen and oxygen atoms in total. The number of benzene rings is 1. The molecule has 0 spiro atoms. The Morgan fingerprint density at radius 2 is 1.74 bits per heavy atom. The third-order valence-electron chi connectivity index (χ3n) is 2.62. The van der Waals surface area contributed by atoms with Crippen molar-refractivity contribution in [2.45, 2.75) is 5.54 Å². The van der Waals surface area contributed by atoms with Crippen LogP contribution in [0.25, 0.3) is 0 Å². The van der Waals surface area contributed by atoms with Gasteiger partial charge in [-0.3, -0.25) is 0 Å². The van der Waals surface area contributed by atoms with Crippen molar-refractivity contribution in [1.82, 2.24) is 0 Å². The molecule has 0 fully saturated rings. The Bertz CT molecular complexity index is 391. The molecule has 0 bridgehead atoms. The van der Waals surface area contributed by atoms with E-state index in [9.17, 15) is 5.26 Å². The third kappa shape index (κ3) is 5.37. The molecule has 1 aromatic rings. The summed E-state index contributed by atoms with van der Waals surface area (Å²) in [6.45, 7) is 2.09. The highest BCUT2D eigenvalue weighted by molar-refractivity contribution is 5.30. The Hall–Kier alpha value is -1.45. The van der Waals surface area contributed by atoms with E-state index in [1.165, 1.54) is 0 Å². The molecule has 0 saturated carbocycles. The average Bonchev–Trinajstić information content (AvgIpc) is 2.47. The van der Waals surface area contributed by atoms with Crippen LogP contribution >= 0.6 is 0 Å². The predicted molar refractivity (Wildman–Crippen MR) is 71.4 cm³/mol. The number of rotatable bonds is 9. The van der Waals surface area contributed by atoms with Crippen LogP contribution in [-0.4, -0.2) is 40.1 Å². The first-order valence-electron chi connectivity index (χ1n) is 6.13. The van der Waals surface area contributed by atoms with Gasteiger partial charge in [-0.05, 0) is 5.56 Å². The van der Waals surface area contributed by atoms with E-state index in [2.05, 4.69) is 6.07 Å². The highest BCUT2D eigenvalue weighted by Crippen LogP contribution is 2.17. The quantitative estimate of drug-likeness (QED) is 0.674. The summed E-state index contributed by atoms with van der Waals surface area (Å²) in [5, 5.41) is 9.21. The summed E-state index contributed by atoms with van der Waals surface area (Å²) in [7, 11) is 1.62. The van der Waals surface area contributed by atoms with Gasteiger partial charge in [0.25, 0.3) is 0 Å². The van der Waals surface area contributed by atoms with Gasteiger partial charge in [-0.25, -0.2) is 0 Å². The zero-order valence-corrected chi connectivity index (χ0v) is 11.2. The lowest BCUT2D eigenvalue weighted by Gasteiger charge is -2.21. The number of methoxy groups -OCH3 is 1. The van der Waals surface area contributed by atoms with E-state index in [-0.39, 0.29) is 6.61 Å². The Morgan fingerprint density at radius 3 is 2.37 bits per heavy atom. The Kier molecular flexibility index (Phi) is 7.08. The maximum atomic E-state index is 9.21. The topological polar surface area (TPSA) is 77.5 Å². The van der Waals surface area contributed by atoms with Crippen LogP contribution in [0.4, 0.5) is 0 Å². The van der Waals surface area contributed by atoms with Crippen LogP contribution in [0.15, 0.2) is 30.3 Å². The average molecular weight is 264 g/mol. The van der Waals surface area contributed by atoms with E-state index in [1.54, 1.807) is 7.11 Å². The van der Waals surface area contributed by atoms with Gasteiger partial charge in [0.05, 0.1) is 39.1 Å². The van der Waals surface area contributed by atoms with Gasteiger partial charge in [0.1, 0.15) is 0 Å². The van der Waals surface area contributed by atoms with Crippen molar-refractivity contribution in [3.05, 3.63) is 35.9 Å². The zero-order valence-electron chi connectivity index (χ0n) is 11.2. The van der Waals surface area contributed by atoms with Gasteiger partial charge in [-0.1, -0.05) is 30.3 Å². The number of hydrogen-bond acceptors (Lipinski definition) is 5. The minimum absolute atomic E-state index is 0.140. The monoisotopic (exact) mass is 264 g/mol. The summed E-state index contributed by atoms with van der Waals surface area (Å²) < 4.78 is 15.5. The molecule has 1 rings (SSSR count). The smallest absolute Gasteiger partial charge is 0.153 e. The minimum Gasteiger partial charge on any atom is -0.382 e. The van der Waals surface area contributed by atoms with Gasteiger partial charge in [0, 0.05) is 7.11 Å². The Balaban J connectivity index is 2.32. The SMILES string of the molecule is COCCOCCOCC(N)(C#N)c1ccccc1. The normalized spacial score (nSPS) is 13.7. The Labute approximate surface area is 113 Å². The summed E-state index contributed by atoms with van der Waals surface area (Å²) in [5.41, 5.74) is 5.66. The van der Waals surface area contributed by atoms with Gasteiger partial charge in [0.15, 0.2) is 5.54 Å². The third-order valence-corrected chi connectivity index (χ3v) is 2.62. The van der Waals surface area contributed by atoms with Crippen molar-refractivity contribution in [2.24, 2.45) is 5.73 Å². The Morgan fingerprint density at radius 1 is 1.11 bits per heavy atom. The number of nitriles is 1. The van der Waals surface area contributed by atoms with E-state index >= 15 is 0 Å². The van der Waals surface area contributed by atoms with Crippen LogP contribution in [0.1, 0.15) is 5.56 Å². The molecule has 1 aromatic carbocycles. The maximum absolute atomic E-state index is 9.21. The molecule has 0 heterocycles. The second-order valence-corrected chi connectivity index (χ2v) is 4.11. The molecule has 0 aliphatic heterocycles. The first-order valence-corrected chi connectivity index (χ1v) is 6.13. The molecule has 0 radical (unpaired) electrons. The van der Waals surface area contributed by atoms with Crippen LogP contribution in [0.3, 0.4) is 0 Å². The molecule has 0 aliphatic carbocycles. The number of nitrogens with zero attached hydrogens (tertiary/aromatic N) is 1. The van der Waals surface area contributed by atoms with Crippen molar-refractivity contribution in [3.63, 3.8) is 0 Å². The van der Waals surface area contributed by atoms with Gasteiger partial charge in [0.2, 0.25) is 0 Å². The maximum Gasteiger partial charge on any atom is 0.153 e. The van der Waals surface area contributed by atoms with Gasteiger partial charge in [-0.15, -0.1) is 0 Å². The van der Waals surface area contributed by atoms with Gasteiger partial charge >= 0.3 is 0 Å². The van der Waals surface area contributed by atoms with Crippen molar-refractivity contribution < 1.29 is 14.2 Å². The molecule has 5 heteroatoms. The lowest BCUT2D eigenvalue weighted by Crippen LogP contribution is -2.40. The van der Waals surface area contributed by atoms with Gasteiger partial charge in [-0.2, -0.15) is 5.26 Å². The van der Waals surface area contributed by atoms with Crippen molar-refractivity contribution in [1.29, 1.82) is 5.26 Å². The predicted octanol–water partition coefficient (Wildman–Crippen LogP) is 1.04. The van der Waals surface area contributed by atoms with E-state index in [0.717, 1.165) is 5.56 Å². The van der Waals surface area contributed by atoms with Crippen LogP contribution < -0.4 is 5.73 Å². The molecule has 0 aliphatic rings. The molecule has 19 heavy (non-hydrogen) atoms. The molecule has 0 saturated heterocycles. The number of hydrogen-bond donors (Lipinski definition) is 1. The largest absolute Gasteiger partial charge is 0.382 e. The zero-order chi connectivity index (χ0) is 14.0. The van der Waals surface area contributed by atoms with E-state index in [0.29, 0.717) is 26.4 Å². The molecular weight excluding hydrogens is 244 g/mol. The highest BCUT2D eigenvalue weighted by atomic mass is 16.5. The first kappa shape index (κ1) is 15.6. The van der Waals surface area contributed by atoms with E-state index in [1.807, 2.05) is 30.3 Å². The van der Waals surface area contributed by atoms with Crippen LogP contribution in [0, 0.1) is 11.3 Å². The molecular formula is C14H20N2O3. The number of nitrogens with two attached hydrogens (primary N) is 1. The second kappa shape index (κ2) is 8.62. The summed E-state index contributed by atoms with van der Waals surface area (Å²) in [6, 6.07) is 11.3. The van der Waals surface area contributed by atoms with E-state index in [4.69, 9.17) is 19.9 Å². The fraction of sp³-hybridized carbons (Fsp3) is 0.500. The van der Waals surface area contributed by atoms with Crippen LogP contribution in [0.2, 0.25) is 0 Å². The molecule has 104 valence electrons. The second-order valence-electron chi connectivity index (χ2n) is 4.11. The number of ether oxygens (including phenoxy) is 3. The van der Waals surface area contributed by atoms with Crippen molar-refractivity contribution >= 4 is 0 Å². The minimum atomic E-state index is -1.12. The molecule has 1 atom stereocenters. The fourth-order valence-corrected chi connectivity index (χ4v) is 1.51. The summed E-state index contributed by atoms with van der Waals surface area (Å²) in [6.07, 6.45) is 0. The van der Waals surface area contributed by atoms with Crippen LogP contribution in [-0.2, 0) is 19.7 Å².